The number of hydrogen-bond donors (Lipinski definition) is 1. The van der Waals surface area contributed by atoms with Gasteiger partial charge in [-0.1, -0.05) is 34.6 Å². The molecule has 3 nitrogen and oxygen atoms in total. The minimum atomic E-state index is 0.403. The Morgan fingerprint density at radius 2 is 1.75 bits per heavy atom. The third kappa shape index (κ3) is 4.87. The summed E-state index contributed by atoms with van der Waals surface area (Å²) in [5.41, 5.74) is 2.86. The molecule has 0 atom stereocenters. The van der Waals surface area contributed by atoms with Crippen LogP contribution >= 0.6 is 0 Å². The van der Waals surface area contributed by atoms with Gasteiger partial charge in [0.05, 0.1) is 18.5 Å². The van der Waals surface area contributed by atoms with Crippen LogP contribution in [0.2, 0.25) is 0 Å². The number of ether oxygens (including phenoxy) is 1. The Morgan fingerprint density at radius 1 is 1.12 bits per heavy atom. The number of nitrogens with one attached hydrogen (secondary N) is 1. The zero-order chi connectivity index (χ0) is 18.0. The van der Waals surface area contributed by atoms with Crippen LogP contribution < -0.4 is 10.1 Å². The molecular weight excluding hydrogens is 296 g/mol. The third-order valence-electron chi connectivity index (χ3n) is 5.46. The number of hydrogen-bond acceptors (Lipinski definition) is 3. The second-order valence-corrected chi connectivity index (χ2v) is 9.40. The number of anilines is 1. The smallest absolute Gasteiger partial charge is 0.163 e. The normalized spacial score (nSPS) is 22.3. The maximum absolute atomic E-state index is 5.52. The molecule has 1 aliphatic carbocycles. The highest BCUT2D eigenvalue weighted by molar-refractivity contribution is 5.58. The third-order valence-corrected chi connectivity index (χ3v) is 5.46. The van der Waals surface area contributed by atoms with E-state index in [9.17, 15) is 0 Å². The number of aryl methyl sites for hydroxylation is 1. The van der Waals surface area contributed by atoms with Crippen molar-refractivity contribution in [2.75, 3.05) is 12.4 Å². The van der Waals surface area contributed by atoms with Gasteiger partial charge in [0.2, 0.25) is 0 Å². The molecule has 1 aliphatic rings. The standard InChI is InChI=1S/C21H36N2O/c1-15-19(24-7)18(12-13-22-15)23-17-10-8-16(9-11-17)21(5,6)14-20(2,3)4/h12-13,16-17H,8-11,14H2,1-7H3,(H,22,23). The Balaban J connectivity index is 1.95. The van der Waals surface area contributed by atoms with Crippen LogP contribution in [0.4, 0.5) is 5.69 Å². The van der Waals surface area contributed by atoms with Gasteiger partial charge < -0.3 is 10.1 Å². The molecule has 0 bridgehead atoms. The van der Waals surface area contributed by atoms with E-state index in [4.69, 9.17) is 4.74 Å². The van der Waals surface area contributed by atoms with Crippen LogP contribution in [0.15, 0.2) is 12.3 Å². The van der Waals surface area contributed by atoms with Gasteiger partial charge in [-0.3, -0.25) is 4.98 Å². The molecule has 1 aromatic rings. The lowest BCUT2D eigenvalue weighted by molar-refractivity contribution is 0.0968. The second-order valence-electron chi connectivity index (χ2n) is 9.40. The molecule has 24 heavy (non-hydrogen) atoms. The molecule has 0 aliphatic heterocycles. The molecule has 0 amide bonds. The van der Waals surface area contributed by atoms with E-state index in [1.807, 2.05) is 19.2 Å². The molecule has 136 valence electrons. The average molecular weight is 333 g/mol. The maximum Gasteiger partial charge on any atom is 0.163 e. The summed E-state index contributed by atoms with van der Waals surface area (Å²) in [5.74, 6) is 1.71. The highest BCUT2D eigenvalue weighted by Gasteiger charge is 2.36. The fourth-order valence-corrected chi connectivity index (χ4v) is 4.67. The van der Waals surface area contributed by atoms with E-state index in [0.717, 1.165) is 23.0 Å². The molecule has 1 N–H and O–H groups in total. The van der Waals surface area contributed by atoms with Gasteiger partial charge in [0, 0.05) is 12.2 Å². The lowest BCUT2D eigenvalue weighted by atomic mass is 9.64. The van der Waals surface area contributed by atoms with Gasteiger partial charge in [-0.2, -0.15) is 0 Å². The lowest BCUT2D eigenvalue weighted by Crippen LogP contribution is -2.35. The molecule has 3 heteroatoms. The fourth-order valence-electron chi connectivity index (χ4n) is 4.67. The van der Waals surface area contributed by atoms with Gasteiger partial charge in [0.15, 0.2) is 5.75 Å². The maximum atomic E-state index is 5.52. The number of aromatic nitrogens is 1. The van der Waals surface area contributed by atoms with Gasteiger partial charge in [0.1, 0.15) is 0 Å². The van der Waals surface area contributed by atoms with Crippen LogP contribution in [0.1, 0.15) is 72.4 Å². The molecule has 0 saturated heterocycles. The first-order valence-electron chi connectivity index (χ1n) is 9.38. The predicted molar refractivity (Wildman–Crippen MR) is 103 cm³/mol. The SMILES string of the molecule is COc1c(NC2CCC(C(C)(C)CC(C)(C)C)CC2)ccnc1C. The van der Waals surface area contributed by atoms with Crippen molar-refractivity contribution in [1.82, 2.24) is 4.98 Å². The van der Waals surface area contributed by atoms with Crippen molar-refractivity contribution in [2.45, 2.75) is 79.7 Å². The van der Waals surface area contributed by atoms with Crippen LogP contribution in [0, 0.1) is 23.7 Å². The summed E-state index contributed by atoms with van der Waals surface area (Å²) in [6, 6.07) is 2.57. The summed E-state index contributed by atoms with van der Waals surface area (Å²) in [4.78, 5) is 4.32. The summed E-state index contributed by atoms with van der Waals surface area (Å²) >= 11 is 0. The number of rotatable bonds is 5. The van der Waals surface area contributed by atoms with Crippen molar-refractivity contribution in [3.8, 4) is 5.75 Å². The molecule has 0 unspecified atom stereocenters. The van der Waals surface area contributed by atoms with Crippen LogP contribution in [-0.2, 0) is 0 Å². The molecular formula is C21H36N2O. The van der Waals surface area contributed by atoms with Gasteiger partial charge in [-0.25, -0.2) is 0 Å². The minimum Gasteiger partial charge on any atom is -0.493 e. The first kappa shape index (κ1) is 19.1. The molecule has 1 heterocycles. The van der Waals surface area contributed by atoms with E-state index in [1.165, 1.54) is 32.1 Å². The van der Waals surface area contributed by atoms with Crippen LogP contribution in [0.25, 0.3) is 0 Å². The van der Waals surface area contributed by atoms with E-state index < -0.39 is 0 Å². The van der Waals surface area contributed by atoms with Crippen molar-refractivity contribution in [3.63, 3.8) is 0 Å². The minimum absolute atomic E-state index is 0.403. The zero-order valence-electron chi connectivity index (χ0n) is 16.7. The summed E-state index contributed by atoms with van der Waals surface area (Å²) in [7, 11) is 1.72. The van der Waals surface area contributed by atoms with Gasteiger partial charge in [-0.05, 0) is 61.8 Å². The van der Waals surface area contributed by atoms with Gasteiger partial charge in [0.25, 0.3) is 0 Å². The fraction of sp³-hybridized carbons (Fsp3) is 0.762. The van der Waals surface area contributed by atoms with Crippen molar-refractivity contribution < 1.29 is 4.74 Å². The summed E-state index contributed by atoms with van der Waals surface area (Å²) in [6.07, 6.45) is 8.25. The summed E-state index contributed by atoms with van der Waals surface area (Å²) < 4.78 is 5.52. The van der Waals surface area contributed by atoms with E-state index >= 15 is 0 Å². The summed E-state index contributed by atoms with van der Waals surface area (Å²) in [5, 5.41) is 3.70. The molecule has 2 rings (SSSR count). The Hall–Kier alpha value is -1.25. The topological polar surface area (TPSA) is 34.1 Å². The summed E-state index contributed by atoms with van der Waals surface area (Å²) in [6.45, 7) is 14.0. The Morgan fingerprint density at radius 3 is 2.29 bits per heavy atom. The molecule has 0 radical (unpaired) electrons. The predicted octanol–water partition coefficient (Wildman–Crippen LogP) is 5.83. The zero-order valence-corrected chi connectivity index (χ0v) is 16.7. The molecule has 0 aromatic carbocycles. The number of methoxy groups -OCH3 is 1. The molecule has 0 spiro atoms. The Labute approximate surface area is 148 Å². The Kier molecular flexibility index (Phi) is 5.83. The van der Waals surface area contributed by atoms with Crippen LogP contribution in [-0.4, -0.2) is 18.1 Å². The van der Waals surface area contributed by atoms with Crippen molar-refractivity contribution >= 4 is 5.69 Å². The monoisotopic (exact) mass is 332 g/mol. The largest absolute Gasteiger partial charge is 0.493 e. The second kappa shape index (κ2) is 7.33. The van der Waals surface area contributed by atoms with Gasteiger partial charge in [-0.15, -0.1) is 0 Å². The lowest BCUT2D eigenvalue weighted by Gasteiger charge is -2.43. The highest BCUT2D eigenvalue weighted by Crippen LogP contribution is 2.45. The van der Waals surface area contributed by atoms with E-state index in [0.29, 0.717) is 16.9 Å². The number of nitrogens with zero attached hydrogens (tertiary/aromatic N) is 1. The highest BCUT2D eigenvalue weighted by atomic mass is 16.5. The van der Waals surface area contributed by atoms with Crippen molar-refractivity contribution in [1.29, 1.82) is 0 Å². The van der Waals surface area contributed by atoms with E-state index in [2.05, 4.69) is 44.9 Å². The molecule has 1 aromatic heterocycles. The number of pyridine rings is 1. The average Bonchev–Trinajstić information content (AvgIpc) is 2.45. The quantitative estimate of drug-likeness (QED) is 0.736. The molecule has 1 fully saturated rings. The van der Waals surface area contributed by atoms with Crippen LogP contribution in [0.5, 0.6) is 5.75 Å². The van der Waals surface area contributed by atoms with E-state index in [-0.39, 0.29) is 0 Å². The van der Waals surface area contributed by atoms with Crippen molar-refractivity contribution in [2.24, 2.45) is 16.7 Å². The first-order valence-corrected chi connectivity index (χ1v) is 9.38. The molecule has 1 saturated carbocycles. The first-order chi connectivity index (χ1) is 11.1. The van der Waals surface area contributed by atoms with Gasteiger partial charge >= 0.3 is 0 Å². The van der Waals surface area contributed by atoms with E-state index in [1.54, 1.807) is 7.11 Å². The van der Waals surface area contributed by atoms with Crippen molar-refractivity contribution in [3.05, 3.63) is 18.0 Å². The van der Waals surface area contributed by atoms with Crippen LogP contribution in [0.3, 0.4) is 0 Å². The Bertz CT molecular complexity index is 537.